The van der Waals surface area contributed by atoms with E-state index in [0.29, 0.717) is 5.69 Å². The highest BCUT2D eigenvalue weighted by atomic mass is 32.2. The standard InChI is InChI=1S/C7H10N2O3S/c1-4-6(13(11)12)3-5(7(8)10)9(4)2/h3H,1-2H3,(H2,8,10)(H,11,12). The normalized spacial score (nSPS) is 12.8. The van der Waals surface area contributed by atoms with Gasteiger partial charge in [0.15, 0.2) is 11.1 Å². The number of primary amides is 1. The van der Waals surface area contributed by atoms with Gasteiger partial charge in [-0.15, -0.1) is 0 Å². The molecule has 0 aromatic carbocycles. The van der Waals surface area contributed by atoms with Crippen molar-refractivity contribution in [2.75, 3.05) is 0 Å². The zero-order valence-corrected chi connectivity index (χ0v) is 8.09. The maximum Gasteiger partial charge on any atom is 0.265 e. The zero-order valence-electron chi connectivity index (χ0n) is 7.27. The van der Waals surface area contributed by atoms with Crippen LogP contribution in [-0.2, 0) is 18.1 Å². The van der Waals surface area contributed by atoms with Crippen LogP contribution in [0.15, 0.2) is 11.0 Å². The van der Waals surface area contributed by atoms with Crippen LogP contribution in [0.25, 0.3) is 0 Å². The Labute approximate surface area is 77.8 Å². The average Bonchev–Trinajstić information content (AvgIpc) is 2.29. The molecule has 1 aromatic heterocycles. The van der Waals surface area contributed by atoms with Crippen molar-refractivity contribution in [3.8, 4) is 0 Å². The summed E-state index contributed by atoms with van der Waals surface area (Å²) in [6.07, 6.45) is 0. The number of amides is 1. The monoisotopic (exact) mass is 202 g/mol. The molecule has 0 saturated carbocycles. The predicted octanol–water partition coefficient (Wildman–Crippen LogP) is 0.0130. The second kappa shape index (κ2) is 3.31. The summed E-state index contributed by atoms with van der Waals surface area (Å²) >= 11 is -2.08. The van der Waals surface area contributed by atoms with Crippen molar-refractivity contribution < 1.29 is 13.6 Å². The molecule has 0 saturated heterocycles. The van der Waals surface area contributed by atoms with Gasteiger partial charge in [0.2, 0.25) is 0 Å². The van der Waals surface area contributed by atoms with Gasteiger partial charge in [0.1, 0.15) is 5.69 Å². The maximum absolute atomic E-state index is 10.8. The Kier molecular flexibility index (Phi) is 2.53. The number of carbonyl (C=O) groups is 1. The van der Waals surface area contributed by atoms with E-state index in [0.717, 1.165) is 0 Å². The summed E-state index contributed by atoms with van der Waals surface area (Å²) in [5, 5.41) is 0. The van der Waals surface area contributed by atoms with Crippen LogP contribution < -0.4 is 5.73 Å². The van der Waals surface area contributed by atoms with E-state index >= 15 is 0 Å². The molecule has 0 spiro atoms. The van der Waals surface area contributed by atoms with E-state index < -0.39 is 17.0 Å². The summed E-state index contributed by atoms with van der Waals surface area (Å²) in [4.78, 5) is 11.0. The fourth-order valence-corrected chi connectivity index (χ4v) is 1.69. The Morgan fingerprint density at radius 2 is 2.23 bits per heavy atom. The summed E-state index contributed by atoms with van der Waals surface area (Å²) < 4.78 is 21.1. The molecule has 5 nitrogen and oxygen atoms in total. The Morgan fingerprint density at radius 3 is 2.46 bits per heavy atom. The van der Waals surface area contributed by atoms with E-state index in [9.17, 15) is 9.00 Å². The van der Waals surface area contributed by atoms with Gasteiger partial charge in [0, 0.05) is 12.7 Å². The summed E-state index contributed by atoms with van der Waals surface area (Å²) in [7, 11) is 1.62. The van der Waals surface area contributed by atoms with E-state index in [4.69, 9.17) is 10.3 Å². The highest BCUT2D eigenvalue weighted by molar-refractivity contribution is 7.79. The number of carbonyl (C=O) groups excluding carboxylic acids is 1. The minimum absolute atomic E-state index is 0.219. The minimum atomic E-state index is -2.08. The highest BCUT2D eigenvalue weighted by Gasteiger charge is 2.15. The smallest absolute Gasteiger partial charge is 0.265 e. The summed E-state index contributed by atoms with van der Waals surface area (Å²) in [5.74, 6) is -0.609. The van der Waals surface area contributed by atoms with Crippen molar-refractivity contribution in [1.29, 1.82) is 0 Å². The first kappa shape index (κ1) is 9.94. The number of hydrogen-bond donors (Lipinski definition) is 2. The fraction of sp³-hybridized carbons (Fsp3) is 0.286. The lowest BCUT2D eigenvalue weighted by atomic mass is 10.4. The first-order valence-electron chi connectivity index (χ1n) is 3.52. The Bertz CT molecular complexity index is 349. The van der Waals surface area contributed by atoms with Crippen LogP contribution >= 0.6 is 0 Å². The van der Waals surface area contributed by atoms with Gasteiger partial charge in [0.05, 0.1) is 4.90 Å². The summed E-state index contributed by atoms with van der Waals surface area (Å²) in [6.45, 7) is 1.65. The topological polar surface area (TPSA) is 85.3 Å². The molecule has 1 aromatic rings. The van der Waals surface area contributed by atoms with Crippen molar-refractivity contribution in [3.63, 3.8) is 0 Å². The van der Waals surface area contributed by atoms with Gasteiger partial charge in [-0.1, -0.05) is 0 Å². The molecule has 1 unspecified atom stereocenters. The summed E-state index contributed by atoms with van der Waals surface area (Å²) in [5.41, 5.74) is 5.85. The van der Waals surface area contributed by atoms with Gasteiger partial charge in [0.25, 0.3) is 5.91 Å². The van der Waals surface area contributed by atoms with Crippen LogP contribution in [0.1, 0.15) is 16.2 Å². The molecular weight excluding hydrogens is 192 g/mol. The number of aromatic nitrogens is 1. The third-order valence-electron chi connectivity index (χ3n) is 1.93. The first-order valence-corrected chi connectivity index (χ1v) is 4.62. The molecule has 1 rings (SSSR count). The Morgan fingerprint density at radius 1 is 1.69 bits per heavy atom. The lowest BCUT2D eigenvalue weighted by molar-refractivity contribution is 0.0992. The van der Waals surface area contributed by atoms with E-state index in [1.165, 1.54) is 10.6 Å². The van der Waals surface area contributed by atoms with Crippen molar-refractivity contribution in [2.24, 2.45) is 12.8 Å². The van der Waals surface area contributed by atoms with Crippen LogP contribution in [0.3, 0.4) is 0 Å². The quantitative estimate of drug-likeness (QED) is 0.662. The van der Waals surface area contributed by atoms with Crippen molar-refractivity contribution in [1.82, 2.24) is 4.57 Å². The molecule has 1 amide bonds. The van der Waals surface area contributed by atoms with Crippen LogP contribution in [-0.4, -0.2) is 19.2 Å². The molecule has 0 fully saturated rings. The van der Waals surface area contributed by atoms with Crippen LogP contribution in [0.5, 0.6) is 0 Å². The zero-order chi connectivity index (χ0) is 10.2. The molecule has 1 heterocycles. The molecule has 13 heavy (non-hydrogen) atoms. The van der Waals surface area contributed by atoms with Gasteiger partial charge in [-0.2, -0.15) is 0 Å². The largest absolute Gasteiger partial charge is 0.364 e. The third kappa shape index (κ3) is 1.63. The molecule has 3 N–H and O–H groups in total. The Hall–Kier alpha value is -1.14. The number of hydrogen-bond acceptors (Lipinski definition) is 2. The highest BCUT2D eigenvalue weighted by Crippen LogP contribution is 2.16. The van der Waals surface area contributed by atoms with E-state index in [-0.39, 0.29) is 10.6 Å². The van der Waals surface area contributed by atoms with Crippen molar-refractivity contribution in [2.45, 2.75) is 11.8 Å². The van der Waals surface area contributed by atoms with Crippen LogP contribution in [0, 0.1) is 6.92 Å². The second-order valence-electron chi connectivity index (χ2n) is 2.65. The van der Waals surface area contributed by atoms with Crippen LogP contribution in [0.4, 0.5) is 0 Å². The molecule has 0 aliphatic heterocycles. The number of nitrogens with zero attached hydrogens (tertiary/aromatic N) is 1. The molecule has 0 aliphatic rings. The number of rotatable bonds is 2. The molecule has 6 heteroatoms. The molecule has 72 valence electrons. The van der Waals surface area contributed by atoms with E-state index in [2.05, 4.69) is 0 Å². The molecular formula is C7H10N2O3S. The van der Waals surface area contributed by atoms with Crippen LogP contribution in [0.2, 0.25) is 0 Å². The number of nitrogens with two attached hydrogens (primary N) is 1. The first-order chi connectivity index (χ1) is 5.95. The van der Waals surface area contributed by atoms with Gasteiger partial charge in [-0.25, -0.2) is 4.21 Å². The maximum atomic E-state index is 10.8. The minimum Gasteiger partial charge on any atom is -0.364 e. The van der Waals surface area contributed by atoms with Gasteiger partial charge in [-0.3, -0.25) is 4.79 Å². The predicted molar refractivity (Wildman–Crippen MR) is 47.7 cm³/mol. The lowest BCUT2D eigenvalue weighted by Crippen LogP contribution is -2.15. The SMILES string of the molecule is Cc1c(S(=O)O)cc(C(N)=O)n1C. The molecule has 0 radical (unpaired) electrons. The average molecular weight is 202 g/mol. The second-order valence-corrected chi connectivity index (χ2v) is 3.59. The van der Waals surface area contributed by atoms with Crippen molar-refractivity contribution >= 4 is 17.0 Å². The molecule has 0 bridgehead atoms. The fourth-order valence-electron chi connectivity index (χ4n) is 1.08. The van der Waals surface area contributed by atoms with Gasteiger partial charge >= 0.3 is 0 Å². The van der Waals surface area contributed by atoms with Gasteiger partial charge in [-0.05, 0) is 13.0 Å². The van der Waals surface area contributed by atoms with E-state index in [1.54, 1.807) is 14.0 Å². The summed E-state index contributed by atoms with van der Waals surface area (Å²) in [6, 6.07) is 1.33. The van der Waals surface area contributed by atoms with Crippen molar-refractivity contribution in [3.05, 3.63) is 17.5 Å². The molecule has 0 aliphatic carbocycles. The van der Waals surface area contributed by atoms with Gasteiger partial charge < -0.3 is 14.9 Å². The third-order valence-corrected chi connectivity index (χ3v) is 2.72. The lowest BCUT2D eigenvalue weighted by Gasteiger charge is -1.99. The van der Waals surface area contributed by atoms with E-state index in [1.807, 2.05) is 0 Å². The Balaban J connectivity index is 3.36. The molecule has 1 atom stereocenters.